The molecule has 0 bridgehead atoms. The molecule has 21 heavy (non-hydrogen) atoms. The van der Waals surface area contributed by atoms with Crippen molar-refractivity contribution in [2.75, 3.05) is 19.6 Å². The summed E-state index contributed by atoms with van der Waals surface area (Å²) in [5, 5.41) is 1.06. The van der Waals surface area contributed by atoms with Gasteiger partial charge in [0, 0.05) is 24.0 Å². The maximum atomic E-state index is 12.4. The molecule has 0 aliphatic carbocycles. The lowest BCUT2D eigenvalue weighted by Gasteiger charge is -2.15. The third-order valence-electron chi connectivity index (χ3n) is 4.66. The fourth-order valence-electron chi connectivity index (χ4n) is 3.05. The number of fused-ring (bicyclic) bond motifs is 1. The predicted molar refractivity (Wildman–Crippen MR) is 83.1 cm³/mol. The van der Waals surface area contributed by atoms with Crippen LogP contribution in [0.3, 0.4) is 0 Å². The van der Waals surface area contributed by atoms with Crippen LogP contribution >= 0.6 is 0 Å². The molecule has 0 radical (unpaired) electrons. The van der Waals surface area contributed by atoms with E-state index in [1.165, 1.54) is 5.56 Å². The first-order valence-corrected chi connectivity index (χ1v) is 7.54. The third-order valence-corrected chi connectivity index (χ3v) is 4.66. The number of rotatable bonds is 3. The molecule has 1 atom stereocenters. The molecule has 3 rings (SSSR count). The Kier molecular flexibility index (Phi) is 3.72. The van der Waals surface area contributed by atoms with Crippen molar-refractivity contribution in [2.24, 2.45) is 11.7 Å². The van der Waals surface area contributed by atoms with Gasteiger partial charge in [0.1, 0.15) is 5.58 Å². The van der Waals surface area contributed by atoms with Gasteiger partial charge >= 0.3 is 0 Å². The number of hydrogen-bond donors (Lipinski definition) is 1. The van der Waals surface area contributed by atoms with Gasteiger partial charge in [-0.3, -0.25) is 4.79 Å². The normalized spacial score (nSPS) is 18.6. The highest BCUT2D eigenvalue weighted by Gasteiger charge is 2.25. The van der Waals surface area contributed by atoms with Crippen LogP contribution in [0.5, 0.6) is 0 Å². The molecule has 1 aromatic carbocycles. The molecule has 1 amide bonds. The van der Waals surface area contributed by atoms with Crippen LogP contribution in [0.2, 0.25) is 0 Å². The highest BCUT2D eigenvalue weighted by Crippen LogP contribution is 2.27. The lowest BCUT2D eigenvalue weighted by atomic mass is 10.0. The van der Waals surface area contributed by atoms with Crippen LogP contribution in [0.4, 0.5) is 0 Å². The van der Waals surface area contributed by atoms with Gasteiger partial charge in [-0.15, -0.1) is 0 Å². The smallest absolute Gasteiger partial charge is 0.227 e. The number of nitrogens with two attached hydrogens (primary N) is 1. The summed E-state index contributed by atoms with van der Waals surface area (Å²) in [6.07, 6.45) is 3.16. The van der Waals surface area contributed by atoms with Gasteiger partial charge in [-0.05, 0) is 43.9 Å². The van der Waals surface area contributed by atoms with Gasteiger partial charge in [-0.2, -0.15) is 0 Å². The van der Waals surface area contributed by atoms with E-state index in [1.54, 1.807) is 6.26 Å². The van der Waals surface area contributed by atoms with Crippen molar-refractivity contribution in [2.45, 2.75) is 26.7 Å². The minimum atomic E-state index is 0.173. The van der Waals surface area contributed by atoms with Gasteiger partial charge in [0.15, 0.2) is 0 Å². The molecule has 4 heteroatoms. The zero-order chi connectivity index (χ0) is 15.0. The summed E-state index contributed by atoms with van der Waals surface area (Å²) in [4.78, 5) is 14.3. The molecule has 2 N–H and O–H groups in total. The van der Waals surface area contributed by atoms with Crippen LogP contribution in [-0.2, 0) is 11.2 Å². The van der Waals surface area contributed by atoms with Crippen LogP contribution in [-0.4, -0.2) is 30.4 Å². The first kappa shape index (κ1) is 14.1. The second kappa shape index (κ2) is 5.53. The van der Waals surface area contributed by atoms with Crippen molar-refractivity contribution in [3.05, 3.63) is 35.1 Å². The number of aryl methyl sites for hydroxylation is 2. The summed E-state index contributed by atoms with van der Waals surface area (Å²) < 4.78 is 5.68. The Labute approximate surface area is 124 Å². The maximum absolute atomic E-state index is 12.4. The molecule has 112 valence electrons. The van der Waals surface area contributed by atoms with E-state index in [2.05, 4.69) is 26.0 Å². The molecule has 1 aliphatic rings. The highest BCUT2D eigenvalue weighted by atomic mass is 16.3. The van der Waals surface area contributed by atoms with Crippen LogP contribution in [0.25, 0.3) is 11.0 Å². The second-order valence-electron chi connectivity index (χ2n) is 6.05. The quantitative estimate of drug-likeness (QED) is 0.942. The van der Waals surface area contributed by atoms with Gasteiger partial charge in [0.05, 0.1) is 12.7 Å². The van der Waals surface area contributed by atoms with Crippen molar-refractivity contribution < 1.29 is 9.21 Å². The zero-order valence-corrected chi connectivity index (χ0v) is 12.7. The Morgan fingerprint density at radius 3 is 2.95 bits per heavy atom. The standard InChI is InChI=1S/C17H22N2O2/c1-11-3-4-15-14(10-21-17(15)12(11)2)7-16(20)19-6-5-13(8-18)9-19/h3-4,10,13H,5-9,18H2,1-2H3. The van der Waals surface area contributed by atoms with E-state index in [0.717, 1.165) is 41.6 Å². The third kappa shape index (κ3) is 2.56. The molecule has 1 aliphatic heterocycles. The van der Waals surface area contributed by atoms with Gasteiger partial charge in [0.2, 0.25) is 5.91 Å². The fourth-order valence-corrected chi connectivity index (χ4v) is 3.05. The SMILES string of the molecule is Cc1ccc2c(CC(=O)N3CCC(CN)C3)coc2c1C. The number of benzene rings is 1. The number of nitrogens with zero attached hydrogens (tertiary/aromatic N) is 1. The predicted octanol–water partition coefficient (Wildman–Crippen LogP) is 2.40. The minimum absolute atomic E-state index is 0.173. The van der Waals surface area contributed by atoms with E-state index in [9.17, 15) is 4.79 Å². The van der Waals surface area contributed by atoms with Crippen molar-refractivity contribution in [3.8, 4) is 0 Å². The number of amides is 1. The monoisotopic (exact) mass is 286 g/mol. The first-order chi connectivity index (χ1) is 10.1. The molecule has 1 fully saturated rings. The van der Waals surface area contributed by atoms with Crippen molar-refractivity contribution in [1.29, 1.82) is 0 Å². The van der Waals surface area contributed by atoms with Gasteiger partial charge in [-0.25, -0.2) is 0 Å². The number of carbonyl (C=O) groups excluding carboxylic acids is 1. The Bertz CT molecular complexity index is 675. The summed E-state index contributed by atoms with van der Waals surface area (Å²) in [6.45, 7) is 6.41. The van der Waals surface area contributed by atoms with E-state index in [4.69, 9.17) is 10.2 Å². The maximum Gasteiger partial charge on any atom is 0.227 e. The number of likely N-dealkylation sites (tertiary alicyclic amines) is 1. The first-order valence-electron chi connectivity index (χ1n) is 7.54. The minimum Gasteiger partial charge on any atom is -0.464 e. The van der Waals surface area contributed by atoms with E-state index in [0.29, 0.717) is 18.9 Å². The molecule has 2 aromatic rings. The van der Waals surface area contributed by atoms with E-state index in [-0.39, 0.29) is 5.91 Å². The van der Waals surface area contributed by atoms with Crippen molar-refractivity contribution >= 4 is 16.9 Å². The van der Waals surface area contributed by atoms with E-state index >= 15 is 0 Å². The number of furan rings is 1. The summed E-state index contributed by atoms with van der Waals surface area (Å²) in [5.74, 6) is 0.631. The Morgan fingerprint density at radius 1 is 1.43 bits per heavy atom. The highest BCUT2D eigenvalue weighted by molar-refractivity contribution is 5.89. The summed E-state index contributed by atoms with van der Waals surface area (Å²) >= 11 is 0. The molecule has 0 spiro atoms. The molecular formula is C17H22N2O2. The van der Waals surface area contributed by atoms with Crippen LogP contribution < -0.4 is 5.73 Å². The number of carbonyl (C=O) groups is 1. The van der Waals surface area contributed by atoms with Crippen LogP contribution in [0.1, 0.15) is 23.1 Å². The largest absolute Gasteiger partial charge is 0.464 e. The molecule has 2 heterocycles. The van der Waals surface area contributed by atoms with Crippen molar-refractivity contribution in [3.63, 3.8) is 0 Å². The fraction of sp³-hybridized carbons (Fsp3) is 0.471. The Hall–Kier alpha value is -1.81. The lowest BCUT2D eigenvalue weighted by molar-refractivity contribution is -0.129. The summed E-state index contributed by atoms with van der Waals surface area (Å²) in [7, 11) is 0. The molecule has 1 saturated heterocycles. The Morgan fingerprint density at radius 2 is 2.24 bits per heavy atom. The van der Waals surface area contributed by atoms with E-state index in [1.807, 2.05) is 4.90 Å². The average molecular weight is 286 g/mol. The molecular weight excluding hydrogens is 264 g/mol. The van der Waals surface area contributed by atoms with Crippen molar-refractivity contribution in [1.82, 2.24) is 4.90 Å². The molecule has 1 aromatic heterocycles. The lowest BCUT2D eigenvalue weighted by Crippen LogP contribution is -2.31. The van der Waals surface area contributed by atoms with E-state index < -0.39 is 0 Å². The summed E-state index contributed by atoms with van der Waals surface area (Å²) in [5.41, 5.74) is 9.92. The van der Waals surface area contributed by atoms with Crippen LogP contribution in [0, 0.1) is 19.8 Å². The number of hydrogen-bond acceptors (Lipinski definition) is 3. The Balaban J connectivity index is 1.79. The topological polar surface area (TPSA) is 59.5 Å². The zero-order valence-electron chi connectivity index (χ0n) is 12.7. The van der Waals surface area contributed by atoms with Gasteiger partial charge in [-0.1, -0.05) is 12.1 Å². The molecule has 4 nitrogen and oxygen atoms in total. The average Bonchev–Trinajstić information content (AvgIpc) is 3.10. The van der Waals surface area contributed by atoms with Crippen LogP contribution in [0.15, 0.2) is 22.8 Å². The van der Waals surface area contributed by atoms with Gasteiger partial charge < -0.3 is 15.1 Å². The second-order valence-corrected chi connectivity index (χ2v) is 6.05. The molecule has 0 saturated carbocycles. The summed E-state index contributed by atoms with van der Waals surface area (Å²) in [6, 6.07) is 4.14. The molecule has 1 unspecified atom stereocenters. The van der Waals surface area contributed by atoms with Gasteiger partial charge in [0.25, 0.3) is 0 Å².